The smallest absolute Gasteiger partial charge is 0.145 e. The van der Waals surface area contributed by atoms with E-state index in [0.29, 0.717) is 5.92 Å². The third-order valence-electron chi connectivity index (χ3n) is 3.76. The van der Waals surface area contributed by atoms with Gasteiger partial charge in [-0.15, -0.1) is 0 Å². The molecular formula is C19H29BrN4. The Labute approximate surface area is 154 Å². The van der Waals surface area contributed by atoms with E-state index in [2.05, 4.69) is 64.2 Å². The predicted octanol–water partition coefficient (Wildman–Crippen LogP) is 5.20. The fourth-order valence-electron chi connectivity index (χ4n) is 2.16. The molecule has 0 fully saturated rings. The van der Waals surface area contributed by atoms with Gasteiger partial charge in [-0.25, -0.2) is 4.68 Å². The topological polar surface area (TPSA) is 41.9 Å². The molecule has 0 aliphatic rings. The molecular weight excluding hydrogens is 364 g/mol. The van der Waals surface area contributed by atoms with Crippen molar-refractivity contribution in [3.63, 3.8) is 0 Å². The Bertz CT molecular complexity index is 611. The molecule has 0 amide bonds. The van der Waals surface area contributed by atoms with Gasteiger partial charge in [0.2, 0.25) is 0 Å². The number of hydrogen-bond donors (Lipinski definition) is 2. The van der Waals surface area contributed by atoms with Crippen LogP contribution in [-0.4, -0.2) is 23.4 Å². The molecule has 5 heteroatoms. The molecule has 0 bridgehead atoms. The van der Waals surface area contributed by atoms with Crippen LogP contribution in [0.5, 0.6) is 0 Å². The molecule has 1 heterocycles. The first-order valence-corrected chi connectivity index (χ1v) is 9.16. The van der Waals surface area contributed by atoms with E-state index in [0.717, 1.165) is 35.5 Å². The van der Waals surface area contributed by atoms with E-state index in [1.807, 2.05) is 36.9 Å². The summed E-state index contributed by atoms with van der Waals surface area (Å²) in [7, 11) is 1.90. The molecule has 24 heavy (non-hydrogen) atoms. The molecule has 0 saturated carbocycles. The molecule has 0 aliphatic carbocycles. The predicted molar refractivity (Wildman–Crippen MR) is 109 cm³/mol. The van der Waals surface area contributed by atoms with E-state index in [4.69, 9.17) is 0 Å². The molecule has 1 aromatic rings. The highest BCUT2D eigenvalue weighted by molar-refractivity contribution is 9.10. The minimum atomic E-state index is 0.601. The summed E-state index contributed by atoms with van der Waals surface area (Å²) in [6.45, 7) is 11.2. The maximum atomic E-state index is 4.48. The molecule has 0 radical (unpaired) electrons. The molecule has 2 N–H and O–H groups in total. The number of rotatable bonds is 10. The second kappa shape index (κ2) is 10.9. The maximum Gasteiger partial charge on any atom is 0.145 e. The number of anilines is 1. The van der Waals surface area contributed by atoms with Crippen molar-refractivity contribution in [1.29, 1.82) is 0 Å². The van der Waals surface area contributed by atoms with Gasteiger partial charge in [0.1, 0.15) is 11.6 Å². The van der Waals surface area contributed by atoms with Gasteiger partial charge >= 0.3 is 0 Å². The zero-order chi connectivity index (χ0) is 17.9. The second-order valence-electron chi connectivity index (χ2n) is 5.67. The average Bonchev–Trinajstić information content (AvgIpc) is 2.95. The van der Waals surface area contributed by atoms with Crippen LogP contribution in [0.15, 0.2) is 53.2 Å². The zero-order valence-electron chi connectivity index (χ0n) is 15.1. The fourth-order valence-corrected chi connectivity index (χ4v) is 2.62. The summed E-state index contributed by atoms with van der Waals surface area (Å²) in [6, 6.07) is 0. The van der Waals surface area contributed by atoms with Gasteiger partial charge in [-0.3, -0.25) is 0 Å². The monoisotopic (exact) mass is 392 g/mol. The van der Waals surface area contributed by atoms with Gasteiger partial charge in [-0.2, -0.15) is 5.10 Å². The SMILES string of the molecule is C=C/C=C(\C=C/C)C/C=C(/NCC(C)CC)n1ncc(Br)c1NC. The van der Waals surface area contributed by atoms with Gasteiger partial charge in [-0.1, -0.05) is 51.2 Å². The van der Waals surface area contributed by atoms with Crippen LogP contribution in [0.4, 0.5) is 5.82 Å². The van der Waals surface area contributed by atoms with Crippen LogP contribution >= 0.6 is 15.9 Å². The average molecular weight is 393 g/mol. The van der Waals surface area contributed by atoms with Crippen molar-refractivity contribution in [2.45, 2.75) is 33.6 Å². The second-order valence-corrected chi connectivity index (χ2v) is 6.52. The zero-order valence-corrected chi connectivity index (χ0v) is 16.7. The lowest BCUT2D eigenvalue weighted by atomic mass is 10.1. The van der Waals surface area contributed by atoms with Crippen molar-refractivity contribution in [3.8, 4) is 0 Å². The summed E-state index contributed by atoms with van der Waals surface area (Å²) in [5.41, 5.74) is 1.20. The first-order chi connectivity index (χ1) is 11.6. The summed E-state index contributed by atoms with van der Waals surface area (Å²) in [5.74, 6) is 2.51. The van der Waals surface area contributed by atoms with E-state index in [1.165, 1.54) is 5.57 Å². The van der Waals surface area contributed by atoms with Gasteiger partial charge in [0.05, 0.1) is 10.7 Å². The van der Waals surface area contributed by atoms with Gasteiger partial charge in [0.15, 0.2) is 0 Å². The Kier molecular flexibility index (Phi) is 9.23. The Morgan fingerprint density at radius 1 is 1.50 bits per heavy atom. The van der Waals surface area contributed by atoms with E-state index in [9.17, 15) is 0 Å². The lowest BCUT2D eigenvalue weighted by molar-refractivity contribution is 0.535. The van der Waals surface area contributed by atoms with Crippen LogP contribution in [0.25, 0.3) is 5.82 Å². The molecule has 0 aliphatic heterocycles. The Hall–Kier alpha value is -1.75. The van der Waals surface area contributed by atoms with E-state index >= 15 is 0 Å². The first kappa shape index (κ1) is 20.3. The van der Waals surface area contributed by atoms with Crippen LogP contribution < -0.4 is 10.6 Å². The molecule has 0 aromatic carbocycles. The lowest BCUT2D eigenvalue weighted by Crippen LogP contribution is -2.24. The summed E-state index contributed by atoms with van der Waals surface area (Å²) >= 11 is 3.53. The summed E-state index contributed by atoms with van der Waals surface area (Å²) in [6.07, 6.45) is 13.9. The molecule has 4 nitrogen and oxygen atoms in total. The van der Waals surface area contributed by atoms with Gasteiger partial charge in [-0.05, 0) is 46.8 Å². The van der Waals surface area contributed by atoms with Crippen LogP contribution in [0, 0.1) is 5.92 Å². The van der Waals surface area contributed by atoms with Gasteiger partial charge in [0.25, 0.3) is 0 Å². The van der Waals surface area contributed by atoms with Crippen molar-refractivity contribution >= 4 is 27.6 Å². The van der Waals surface area contributed by atoms with Gasteiger partial charge in [0, 0.05) is 13.6 Å². The van der Waals surface area contributed by atoms with E-state index in [-0.39, 0.29) is 0 Å². The highest BCUT2D eigenvalue weighted by Gasteiger charge is 2.11. The lowest BCUT2D eigenvalue weighted by Gasteiger charge is -2.17. The molecule has 132 valence electrons. The van der Waals surface area contributed by atoms with Crippen molar-refractivity contribution in [1.82, 2.24) is 15.1 Å². The minimum Gasteiger partial charge on any atom is -0.372 e. The summed E-state index contributed by atoms with van der Waals surface area (Å²) in [4.78, 5) is 0. The number of nitrogens with one attached hydrogen (secondary N) is 2. The van der Waals surface area contributed by atoms with Crippen LogP contribution in [0.2, 0.25) is 0 Å². The van der Waals surface area contributed by atoms with Crippen molar-refractivity contribution < 1.29 is 0 Å². The third kappa shape index (κ3) is 6.04. The van der Waals surface area contributed by atoms with Crippen LogP contribution in [0.3, 0.4) is 0 Å². The van der Waals surface area contributed by atoms with E-state index in [1.54, 1.807) is 6.20 Å². The molecule has 0 spiro atoms. The summed E-state index contributed by atoms with van der Waals surface area (Å²) in [5, 5.41) is 11.2. The van der Waals surface area contributed by atoms with Gasteiger partial charge < -0.3 is 10.6 Å². The quantitative estimate of drug-likeness (QED) is 0.537. The van der Waals surface area contributed by atoms with Crippen LogP contribution in [0.1, 0.15) is 33.6 Å². The Balaban J connectivity index is 3.10. The van der Waals surface area contributed by atoms with E-state index < -0.39 is 0 Å². The number of aromatic nitrogens is 2. The first-order valence-electron chi connectivity index (χ1n) is 8.37. The molecule has 0 saturated heterocycles. The molecule has 1 rings (SSSR count). The molecule has 1 atom stereocenters. The van der Waals surface area contributed by atoms with Crippen molar-refractivity contribution in [3.05, 3.63) is 53.2 Å². The standard InChI is InChI=1S/C19H29BrN4/c1-6-9-16(10-7-2)11-12-18(22-13-15(4)8-3)24-19(21-5)17(20)14-23-24/h6-7,9-10,12,14-15,21-22H,1,8,11,13H2,2-5H3/b10-7-,16-9+,18-12-. The Morgan fingerprint density at radius 3 is 2.83 bits per heavy atom. The number of halogens is 1. The number of hydrogen-bond acceptors (Lipinski definition) is 3. The van der Waals surface area contributed by atoms with Crippen molar-refractivity contribution in [2.75, 3.05) is 18.9 Å². The third-order valence-corrected chi connectivity index (χ3v) is 4.34. The minimum absolute atomic E-state index is 0.601. The van der Waals surface area contributed by atoms with Crippen LogP contribution in [-0.2, 0) is 0 Å². The fraction of sp³-hybridized carbons (Fsp3) is 0.421. The number of allylic oxidation sites excluding steroid dienone is 6. The van der Waals surface area contributed by atoms with Crippen molar-refractivity contribution in [2.24, 2.45) is 5.92 Å². The number of nitrogens with zero attached hydrogens (tertiary/aromatic N) is 2. The molecule has 1 unspecified atom stereocenters. The highest BCUT2D eigenvalue weighted by Crippen LogP contribution is 2.24. The maximum absolute atomic E-state index is 4.48. The summed E-state index contributed by atoms with van der Waals surface area (Å²) < 4.78 is 2.84. The molecule has 1 aromatic heterocycles. The highest BCUT2D eigenvalue weighted by atomic mass is 79.9. The Morgan fingerprint density at radius 2 is 2.25 bits per heavy atom. The normalized spacial score (nSPS) is 14.0. The largest absolute Gasteiger partial charge is 0.372 e.